The van der Waals surface area contributed by atoms with Gasteiger partial charge in [0.05, 0.1) is 5.92 Å². The molecule has 8 nitrogen and oxygen atoms in total. The SMILES string of the molecule is CC(C)(C)OC(=O)N1CC([C@@H]2CN(C(=O)OC(C)(C)C)C[C@H]2C(=O)O)C1. The fourth-order valence-electron chi connectivity index (χ4n) is 3.30. The molecule has 2 saturated heterocycles. The molecular weight excluding hydrogens is 340 g/mol. The Morgan fingerprint density at radius 3 is 1.62 bits per heavy atom. The van der Waals surface area contributed by atoms with E-state index < -0.39 is 29.2 Å². The molecule has 2 rings (SSSR count). The van der Waals surface area contributed by atoms with Crippen LogP contribution < -0.4 is 0 Å². The van der Waals surface area contributed by atoms with Crippen molar-refractivity contribution in [3.05, 3.63) is 0 Å². The van der Waals surface area contributed by atoms with Crippen molar-refractivity contribution in [3.63, 3.8) is 0 Å². The Bertz CT molecular complexity index is 571. The van der Waals surface area contributed by atoms with Crippen molar-refractivity contribution < 1.29 is 29.0 Å². The topological polar surface area (TPSA) is 96.4 Å². The van der Waals surface area contributed by atoms with Gasteiger partial charge in [0.2, 0.25) is 0 Å². The van der Waals surface area contributed by atoms with E-state index in [0.29, 0.717) is 19.6 Å². The van der Waals surface area contributed by atoms with Gasteiger partial charge in [-0.25, -0.2) is 9.59 Å². The van der Waals surface area contributed by atoms with Crippen LogP contribution in [0.25, 0.3) is 0 Å². The van der Waals surface area contributed by atoms with Gasteiger partial charge in [-0.3, -0.25) is 4.79 Å². The molecule has 0 saturated carbocycles. The summed E-state index contributed by atoms with van der Waals surface area (Å²) in [5, 5.41) is 9.53. The third-order valence-corrected chi connectivity index (χ3v) is 4.50. The van der Waals surface area contributed by atoms with Gasteiger partial charge in [-0.05, 0) is 53.4 Å². The lowest BCUT2D eigenvalue weighted by molar-refractivity contribution is -0.143. The number of amides is 2. The maximum Gasteiger partial charge on any atom is 0.410 e. The second-order valence-corrected chi connectivity index (χ2v) is 9.14. The number of ether oxygens (including phenoxy) is 2. The molecule has 0 aromatic rings. The van der Waals surface area contributed by atoms with Crippen molar-refractivity contribution in [3.8, 4) is 0 Å². The molecule has 2 atom stereocenters. The molecule has 2 amide bonds. The van der Waals surface area contributed by atoms with Crippen LogP contribution >= 0.6 is 0 Å². The van der Waals surface area contributed by atoms with Crippen LogP contribution in [0.3, 0.4) is 0 Å². The molecule has 0 aliphatic carbocycles. The molecule has 0 spiro atoms. The third-order valence-electron chi connectivity index (χ3n) is 4.50. The zero-order valence-corrected chi connectivity index (χ0v) is 16.4. The van der Waals surface area contributed by atoms with Crippen molar-refractivity contribution in [1.82, 2.24) is 9.80 Å². The van der Waals surface area contributed by atoms with E-state index in [2.05, 4.69) is 0 Å². The molecule has 0 aromatic heterocycles. The largest absolute Gasteiger partial charge is 0.481 e. The Kier molecular flexibility index (Phi) is 5.44. The van der Waals surface area contributed by atoms with Crippen LogP contribution in [-0.4, -0.2) is 70.4 Å². The summed E-state index contributed by atoms with van der Waals surface area (Å²) in [6.07, 6.45) is -0.878. The monoisotopic (exact) mass is 370 g/mol. The fourth-order valence-corrected chi connectivity index (χ4v) is 3.30. The number of carboxylic acids is 1. The number of rotatable bonds is 2. The highest BCUT2D eigenvalue weighted by Crippen LogP contribution is 2.36. The second-order valence-electron chi connectivity index (χ2n) is 9.14. The zero-order valence-electron chi connectivity index (χ0n) is 16.4. The third kappa shape index (κ3) is 5.02. The molecule has 2 aliphatic rings. The summed E-state index contributed by atoms with van der Waals surface area (Å²) in [6, 6.07) is 0. The highest BCUT2D eigenvalue weighted by atomic mass is 16.6. The molecule has 0 unspecified atom stereocenters. The highest BCUT2D eigenvalue weighted by molar-refractivity contribution is 5.75. The lowest BCUT2D eigenvalue weighted by atomic mass is 9.79. The summed E-state index contributed by atoms with van der Waals surface area (Å²) < 4.78 is 10.7. The Balaban J connectivity index is 1.95. The molecule has 26 heavy (non-hydrogen) atoms. The van der Waals surface area contributed by atoms with Crippen molar-refractivity contribution >= 4 is 18.2 Å². The first kappa shape index (κ1) is 20.3. The van der Waals surface area contributed by atoms with E-state index in [0.717, 1.165) is 0 Å². The van der Waals surface area contributed by atoms with Gasteiger partial charge in [0.25, 0.3) is 0 Å². The number of aliphatic carboxylic acids is 1. The molecule has 1 N–H and O–H groups in total. The zero-order chi connectivity index (χ0) is 19.9. The minimum Gasteiger partial charge on any atom is -0.481 e. The molecule has 8 heteroatoms. The first-order valence-corrected chi connectivity index (χ1v) is 8.95. The Morgan fingerprint density at radius 2 is 1.23 bits per heavy atom. The predicted octanol–water partition coefficient (Wildman–Crippen LogP) is 2.42. The number of hydrogen-bond acceptors (Lipinski definition) is 5. The molecule has 0 bridgehead atoms. The van der Waals surface area contributed by atoms with Gasteiger partial charge in [0.15, 0.2) is 0 Å². The van der Waals surface area contributed by atoms with Crippen molar-refractivity contribution in [2.75, 3.05) is 26.2 Å². The van der Waals surface area contributed by atoms with E-state index in [-0.39, 0.29) is 24.5 Å². The number of nitrogens with zero attached hydrogens (tertiary/aromatic N) is 2. The minimum absolute atomic E-state index is 0.0380. The highest BCUT2D eigenvalue weighted by Gasteiger charge is 2.49. The maximum atomic E-state index is 12.3. The van der Waals surface area contributed by atoms with Gasteiger partial charge in [0.1, 0.15) is 11.2 Å². The molecule has 0 radical (unpaired) electrons. The lowest BCUT2D eigenvalue weighted by Crippen LogP contribution is -2.55. The number of carbonyl (C=O) groups is 3. The summed E-state index contributed by atoms with van der Waals surface area (Å²) in [4.78, 5) is 39.0. The van der Waals surface area contributed by atoms with Crippen molar-refractivity contribution in [2.24, 2.45) is 17.8 Å². The van der Waals surface area contributed by atoms with Crippen LogP contribution in [0.1, 0.15) is 41.5 Å². The van der Waals surface area contributed by atoms with Gasteiger partial charge in [-0.15, -0.1) is 0 Å². The number of carboxylic acid groups (broad SMARTS) is 1. The van der Waals surface area contributed by atoms with E-state index in [9.17, 15) is 19.5 Å². The average Bonchev–Trinajstić information content (AvgIpc) is 2.77. The molecule has 2 heterocycles. The van der Waals surface area contributed by atoms with E-state index in [1.165, 1.54) is 4.90 Å². The van der Waals surface area contributed by atoms with Crippen molar-refractivity contribution in [1.29, 1.82) is 0 Å². The van der Waals surface area contributed by atoms with E-state index >= 15 is 0 Å². The van der Waals surface area contributed by atoms with Gasteiger partial charge in [-0.1, -0.05) is 0 Å². The number of hydrogen-bond donors (Lipinski definition) is 1. The number of carbonyl (C=O) groups excluding carboxylic acids is 2. The van der Waals surface area contributed by atoms with Crippen LogP contribution in [0, 0.1) is 17.8 Å². The molecule has 2 aliphatic heterocycles. The number of likely N-dealkylation sites (tertiary alicyclic amines) is 2. The van der Waals surface area contributed by atoms with Gasteiger partial charge in [0, 0.05) is 26.2 Å². The Hall–Kier alpha value is -1.99. The summed E-state index contributed by atoms with van der Waals surface area (Å²) in [7, 11) is 0. The predicted molar refractivity (Wildman–Crippen MR) is 93.7 cm³/mol. The standard InChI is InChI=1S/C18H30N2O6/c1-17(2,3)25-15(23)19-7-11(8-19)12-9-20(10-13(12)14(21)22)16(24)26-18(4,5)6/h11-13H,7-10H2,1-6H3,(H,21,22)/t12-,13+/m0/s1. The lowest BCUT2D eigenvalue weighted by Gasteiger charge is -2.43. The Labute approximate surface area is 154 Å². The van der Waals surface area contributed by atoms with E-state index in [1.807, 2.05) is 0 Å². The fraction of sp³-hybridized carbons (Fsp3) is 0.833. The van der Waals surface area contributed by atoms with Crippen molar-refractivity contribution in [2.45, 2.75) is 52.7 Å². The molecular formula is C18H30N2O6. The normalized spacial score (nSPS) is 24.2. The van der Waals surface area contributed by atoms with Gasteiger partial charge < -0.3 is 24.4 Å². The van der Waals surface area contributed by atoms with Crippen LogP contribution in [0.15, 0.2) is 0 Å². The summed E-state index contributed by atoms with van der Waals surface area (Å²) in [5.41, 5.74) is -1.19. The Morgan fingerprint density at radius 1 is 0.808 bits per heavy atom. The summed E-state index contributed by atoms with van der Waals surface area (Å²) >= 11 is 0. The van der Waals surface area contributed by atoms with Crippen LogP contribution in [0.5, 0.6) is 0 Å². The quantitative estimate of drug-likeness (QED) is 0.802. The van der Waals surface area contributed by atoms with Crippen LogP contribution in [-0.2, 0) is 14.3 Å². The average molecular weight is 370 g/mol. The summed E-state index contributed by atoms with van der Waals surface area (Å²) in [6.45, 7) is 12.1. The van der Waals surface area contributed by atoms with E-state index in [1.54, 1.807) is 46.4 Å². The second kappa shape index (κ2) is 6.96. The first-order chi connectivity index (χ1) is 11.8. The van der Waals surface area contributed by atoms with Crippen LogP contribution in [0.2, 0.25) is 0 Å². The summed E-state index contributed by atoms with van der Waals surface area (Å²) in [5.74, 6) is -1.72. The molecule has 148 valence electrons. The smallest absolute Gasteiger partial charge is 0.410 e. The molecule has 2 fully saturated rings. The maximum absolute atomic E-state index is 12.3. The molecule has 0 aromatic carbocycles. The minimum atomic E-state index is -0.920. The van der Waals surface area contributed by atoms with Crippen LogP contribution in [0.4, 0.5) is 9.59 Å². The first-order valence-electron chi connectivity index (χ1n) is 8.95. The van der Waals surface area contributed by atoms with Gasteiger partial charge in [-0.2, -0.15) is 0 Å². The van der Waals surface area contributed by atoms with E-state index in [4.69, 9.17) is 9.47 Å². The van der Waals surface area contributed by atoms with Gasteiger partial charge >= 0.3 is 18.2 Å².